The van der Waals surface area contributed by atoms with Gasteiger partial charge in [-0.1, -0.05) is 12.1 Å². The number of hydrogen-bond donors (Lipinski definition) is 0. The van der Waals surface area contributed by atoms with Crippen LogP contribution in [0.3, 0.4) is 0 Å². The van der Waals surface area contributed by atoms with Crippen LogP contribution in [0.25, 0.3) is 0 Å². The number of thiophene rings is 1. The molecule has 5 nitrogen and oxygen atoms in total. The van der Waals surface area contributed by atoms with Crippen LogP contribution in [0.15, 0.2) is 29.6 Å². The van der Waals surface area contributed by atoms with Gasteiger partial charge in [-0.3, -0.25) is 4.79 Å². The number of ether oxygens (including phenoxy) is 2. The van der Waals surface area contributed by atoms with Gasteiger partial charge < -0.3 is 14.4 Å². The van der Waals surface area contributed by atoms with Crippen LogP contribution < -0.4 is 9.47 Å². The van der Waals surface area contributed by atoms with Crippen LogP contribution in [0.1, 0.15) is 40.1 Å². The first-order chi connectivity index (χ1) is 13.6. The summed E-state index contributed by atoms with van der Waals surface area (Å²) >= 11 is 1.36. The van der Waals surface area contributed by atoms with E-state index in [1.165, 1.54) is 16.9 Å². The van der Waals surface area contributed by atoms with E-state index < -0.39 is 6.10 Å². The maximum atomic E-state index is 12.9. The lowest BCUT2D eigenvalue weighted by atomic mass is 9.52. The van der Waals surface area contributed by atoms with Crippen molar-refractivity contribution in [2.75, 3.05) is 13.6 Å². The Morgan fingerprint density at radius 3 is 3.07 bits per heavy atom. The minimum Gasteiger partial charge on any atom is -0.477 e. The Labute approximate surface area is 167 Å². The third-order valence-corrected chi connectivity index (χ3v) is 8.15. The predicted molar refractivity (Wildman–Crippen MR) is 104 cm³/mol. The number of carbonyl (C=O) groups excluding carboxylic acids is 2. The molecule has 1 aromatic carbocycles. The summed E-state index contributed by atoms with van der Waals surface area (Å²) in [6.07, 6.45) is 2.96. The monoisotopic (exact) mass is 395 g/mol. The number of carbonyl (C=O) groups is 2. The molecule has 6 heteroatoms. The number of benzene rings is 1. The number of hydrogen-bond acceptors (Lipinski definition) is 6. The minimum absolute atomic E-state index is 0.194. The fraction of sp³-hybridized carbons (Fsp3) is 0.455. The third kappa shape index (κ3) is 2.00. The van der Waals surface area contributed by atoms with Gasteiger partial charge in [0.2, 0.25) is 0 Å². The molecule has 1 aromatic heterocycles. The van der Waals surface area contributed by atoms with E-state index in [4.69, 9.17) is 9.47 Å². The molecule has 4 atom stereocenters. The van der Waals surface area contributed by atoms with Gasteiger partial charge in [0.15, 0.2) is 23.4 Å². The highest BCUT2D eigenvalue weighted by Gasteiger charge is 2.65. The summed E-state index contributed by atoms with van der Waals surface area (Å²) in [6.45, 7) is 0.965. The number of likely N-dealkylation sites (tertiary alicyclic amines) is 1. The van der Waals surface area contributed by atoms with E-state index in [-0.39, 0.29) is 17.2 Å². The number of nitrogens with zero attached hydrogens (tertiary/aromatic N) is 1. The van der Waals surface area contributed by atoms with Gasteiger partial charge in [-0.2, -0.15) is 0 Å². The summed E-state index contributed by atoms with van der Waals surface area (Å²) in [5.41, 5.74) is 2.15. The molecule has 1 unspecified atom stereocenters. The Balaban J connectivity index is 1.50. The highest BCUT2D eigenvalue weighted by Crippen LogP contribution is 2.63. The van der Waals surface area contributed by atoms with Crippen molar-refractivity contribution >= 4 is 23.1 Å². The predicted octanol–water partition coefficient (Wildman–Crippen LogP) is 3.21. The van der Waals surface area contributed by atoms with E-state index in [1.807, 2.05) is 17.5 Å². The summed E-state index contributed by atoms with van der Waals surface area (Å²) in [4.78, 5) is 28.4. The first-order valence-corrected chi connectivity index (χ1v) is 10.8. The molecule has 1 saturated heterocycles. The van der Waals surface area contributed by atoms with Crippen molar-refractivity contribution in [3.8, 4) is 11.5 Å². The summed E-state index contributed by atoms with van der Waals surface area (Å²) < 4.78 is 12.1. The normalized spacial score (nSPS) is 32.6. The molecule has 3 heterocycles. The fourth-order valence-electron chi connectivity index (χ4n) is 6.14. The van der Waals surface area contributed by atoms with E-state index in [9.17, 15) is 9.59 Å². The van der Waals surface area contributed by atoms with Gasteiger partial charge in [0.1, 0.15) is 4.88 Å². The van der Waals surface area contributed by atoms with Gasteiger partial charge in [-0.05, 0) is 61.8 Å². The molecular weight excluding hydrogens is 374 g/mol. The van der Waals surface area contributed by atoms with Gasteiger partial charge in [0.05, 0.1) is 0 Å². The van der Waals surface area contributed by atoms with E-state index in [0.717, 1.165) is 31.4 Å². The summed E-state index contributed by atoms with van der Waals surface area (Å²) in [6, 6.07) is 7.95. The molecule has 2 aliphatic heterocycles. The third-order valence-electron chi connectivity index (χ3n) is 7.30. The van der Waals surface area contributed by atoms with E-state index in [0.29, 0.717) is 34.8 Å². The molecule has 6 rings (SSSR count). The molecule has 2 aromatic rings. The largest absolute Gasteiger partial charge is 0.477 e. The highest BCUT2D eigenvalue weighted by atomic mass is 32.1. The van der Waals surface area contributed by atoms with Crippen LogP contribution in [0.2, 0.25) is 0 Å². The topological polar surface area (TPSA) is 55.8 Å². The maximum Gasteiger partial charge on any atom is 0.353 e. The van der Waals surface area contributed by atoms with E-state index in [1.54, 1.807) is 6.07 Å². The zero-order valence-electron chi connectivity index (χ0n) is 15.6. The summed E-state index contributed by atoms with van der Waals surface area (Å²) in [7, 11) is 2.20. The molecule has 144 valence electrons. The zero-order valence-corrected chi connectivity index (χ0v) is 16.5. The average Bonchev–Trinajstić information content (AvgIpc) is 3.33. The van der Waals surface area contributed by atoms with Crippen LogP contribution in [-0.4, -0.2) is 42.4 Å². The van der Waals surface area contributed by atoms with Crippen molar-refractivity contribution in [3.05, 3.63) is 45.6 Å². The van der Waals surface area contributed by atoms with Gasteiger partial charge >= 0.3 is 5.97 Å². The molecule has 0 amide bonds. The molecular formula is C22H21NO4S. The Kier molecular flexibility index (Phi) is 3.39. The maximum absolute atomic E-state index is 12.9. The molecule has 4 aliphatic rings. The first kappa shape index (κ1) is 16.7. The van der Waals surface area contributed by atoms with Crippen molar-refractivity contribution in [2.24, 2.45) is 5.92 Å². The van der Waals surface area contributed by atoms with E-state index in [2.05, 4.69) is 18.0 Å². The Hall–Kier alpha value is -2.18. The summed E-state index contributed by atoms with van der Waals surface area (Å²) in [5.74, 6) is 1.33. The molecule has 2 bridgehead atoms. The Morgan fingerprint density at radius 1 is 1.36 bits per heavy atom. The summed E-state index contributed by atoms with van der Waals surface area (Å²) in [5, 5.41) is 1.86. The molecule has 0 radical (unpaired) electrons. The van der Waals surface area contributed by atoms with Crippen molar-refractivity contribution in [2.45, 2.75) is 43.2 Å². The number of likely N-dealkylation sites (N-methyl/N-ethyl adjacent to an activating group) is 1. The van der Waals surface area contributed by atoms with Crippen LogP contribution in [0.5, 0.6) is 11.5 Å². The molecule has 0 N–H and O–H groups in total. The van der Waals surface area contributed by atoms with E-state index >= 15 is 0 Å². The Bertz CT molecular complexity index is 1000. The van der Waals surface area contributed by atoms with Gasteiger partial charge in [-0.15, -0.1) is 11.3 Å². The van der Waals surface area contributed by atoms with Crippen molar-refractivity contribution < 1.29 is 19.1 Å². The molecule has 2 fully saturated rings. The second-order valence-electron chi connectivity index (χ2n) is 8.45. The van der Waals surface area contributed by atoms with Crippen molar-refractivity contribution in [1.29, 1.82) is 0 Å². The minimum atomic E-state index is -0.432. The van der Waals surface area contributed by atoms with Gasteiger partial charge in [-0.25, -0.2) is 4.79 Å². The Morgan fingerprint density at radius 2 is 2.25 bits per heavy atom. The molecule has 28 heavy (non-hydrogen) atoms. The van der Waals surface area contributed by atoms with Crippen LogP contribution in [0.4, 0.5) is 0 Å². The van der Waals surface area contributed by atoms with Crippen molar-refractivity contribution in [3.63, 3.8) is 0 Å². The zero-order chi connectivity index (χ0) is 19.0. The van der Waals surface area contributed by atoms with Crippen molar-refractivity contribution in [1.82, 2.24) is 4.90 Å². The second kappa shape index (κ2) is 5.67. The van der Waals surface area contributed by atoms with Gasteiger partial charge in [0, 0.05) is 23.4 Å². The quantitative estimate of drug-likeness (QED) is 0.577. The second-order valence-corrected chi connectivity index (χ2v) is 9.39. The molecule has 1 spiro atoms. The first-order valence-electron chi connectivity index (χ1n) is 9.91. The highest BCUT2D eigenvalue weighted by molar-refractivity contribution is 7.12. The average molecular weight is 395 g/mol. The number of piperidine rings is 1. The van der Waals surface area contributed by atoms with Crippen LogP contribution in [0, 0.1) is 5.92 Å². The number of rotatable bonds is 2. The smallest absolute Gasteiger partial charge is 0.353 e. The lowest BCUT2D eigenvalue weighted by Gasteiger charge is -2.57. The fourth-order valence-corrected chi connectivity index (χ4v) is 6.73. The van der Waals surface area contributed by atoms with Crippen LogP contribution >= 0.6 is 11.3 Å². The van der Waals surface area contributed by atoms with Gasteiger partial charge in [0.25, 0.3) is 0 Å². The standard InChI is InChI=1S/C22H21NO4S/c1-23-9-8-22-13-5-6-15(24)20(22)27-19-16(26-21(25)17-3-2-10-28-17)7-4-12(18(19)22)11-14(13)23/h2-4,7,10,13-14,20H,5-6,8-9,11H2,1H3/t13?,14-,20+,22+/m1/s1. The number of Topliss-reactive ketones (excluding diaryl/α,β-unsaturated/α-hetero) is 1. The molecule has 1 saturated carbocycles. The lowest BCUT2D eigenvalue weighted by molar-refractivity contribution is -0.138. The SMILES string of the molecule is CN1CC[C@]23c4c5ccc(OC(=O)c6cccs6)c4O[C@H]2C(=O)CCC3[C@H]1C5. The number of esters is 1. The number of ketones is 1. The lowest BCUT2D eigenvalue weighted by Crippen LogP contribution is -2.65. The van der Waals surface area contributed by atoms with Crippen LogP contribution in [-0.2, 0) is 16.6 Å². The molecule has 2 aliphatic carbocycles.